The lowest BCUT2D eigenvalue weighted by Gasteiger charge is -2.22. The van der Waals surface area contributed by atoms with E-state index in [-0.39, 0.29) is 17.5 Å². The van der Waals surface area contributed by atoms with Crippen molar-refractivity contribution in [3.8, 4) is 0 Å². The first-order valence-electron chi connectivity index (χ1n) is 7.91. The van der Waals surface area contributed by atoms with Crippen molar-refractivity contribution < 1.29 is 4.74 Å². The molecule has 2 N–H and O–H groups in total. The minimum absolute atomic E-state index is 0.00699. The summed E-state index contributed by atoms with van der Waals surface area (Å²) >= 11 is 0. The van der Waals surface area contributed by atoms with E-state index in [1.54, 1.807) is 4.57 Å². The third-order valence-corrected chi connectivity index (χ3v) is 4.87. The molecule has 1 aliphatic heterocycles. The summed E-state index contributed by atoms with van der Waals surface area (Å²) < 4.78 is 7.17. The van der Waals surface area contributed by atoms with Crippen molar-refractivity contribution >= 4 is 16.9 Å². The van der Waals surface area contributed by atoms with Gasteiger partial charge in [-0.15, -0.1) is 0 Å². The normalized spacial score (nSPS) is 23.0. The Morgan fingerprint density at radius 3 is 2.82 bits per heavy atom. The van der Waals surface area contributed by atoms with E-state index in [0.29, 0.717) is 24.1 Å². The number of anilines is 1. The van der Waals surface area contributed by atoms with Gasteiger partial charge in [0, 0.05) is 30.2 Å². The van der Waals surface area contributed by atoms with Gasteiger partial charge in [0.1, 0.15) is 11.5 Å². The fourth-order valence-electron chi connectivity index (χ4n) is 3.27. The number of nitrogen functional groups attached to an aromatic ring is 1. The number of aromatic nitrogens is 3. The second kappa shape index (κ2) is 5.05. The van der Waals surface area contributed by atoms with Gasteiger partial charge in [-0.3, -0.25) is 4.57 Å². The van der Waals surface area contributed by atoms with Crippen molar-refractivity contribution in [2.75, 3.05) is 18.9 Å². The highest BCUT2D eigenvalue weighted by molar-refractivity contribution is 5.85. The highest BCUT2D eigenvalue weighted by Crippen LogP contribution is 2.39. The van der Waals surface area contributed by atoms with Crippen LogP contribution in [-0.2, 0) is 4.74 Å². The molecule has 2 fully saturated rings. The van der Waals surface area contributed by atoms with Gasteiger partial charge < -0.3 is 10.5 Å². The first kappa shape index (κ1) is 13.7. The Labute approximate surface area is 128 Å². The standard InChI is InChI=1S/C16H20N4O2/c1-9(11-6-7-22-8-11)20-15-12(14(17)19-16(20)21)4-5-13(18-15)10-2-3-10/h4-5,9-11H,2-3,6-8H2,1H3,(H2,17,19,21)/t9-,11?/m1/s1. The average Bonchev–Trinajstić information content (AvgIpc) is 3.21. The molecule has 1 saturated heterocycles. The van der Waals surface area contributed by atoms with Crippen LogP contribution in [0.4, 0.5) is 5.82 Å². The Balaban J connectivity index is 1.90. The second-order valence-electron chi connectivity index (χ2n) is 6.40. The van der Waals surface area contributed by atoms with Gasteiger partial charge in [-0.2, -0.15) is 4.98 Å². The molecule has 0 bridgehead atoms. The summed E-state index contributed by atoms with van der Waals surface area (Å²) in [7, 11) is 0. The Bertz CT molecular complexity index is 776. The number of nitrogens with two attached hydrogens (primary N) is 1. The number of hydrogen-bond acceptors (Lipinski definition) is 5. The smallest absolute Gasteiger partial charge is 0.351 e. The summed E-state index contributed by atoms with van der Waals surface area (Å²) in [6, 6.07) is 3.97. The third kappa shape index (κ3) is 2.18. The van der Waals surface area contributed by atoms with Gasteiger partial charge in [0.2, 0.25) is 0 Å². The van der Waals surface area contributed by atoms with Crippen LogP contribution in [0.5, 0.6) is 0 Å². The third-order valence-electron chi connectivity index (χ3n) is 4.87. The molecule has 1 aliphatic carbocycles. The maximum atomic E-state index is 12.4. The molecule has 3 heterocycles. The molecule has 1 saturated carbocycles. The Hall–Kier alpha value is -1.95. The van der Waals surface area contributed by atoms with E-state index in [2.05, 4.69) is 4.98 Å². The van der Waals surface area contributed by atoms with Crippen LogP contribution in [-0.4, -0.2) is 27.7 Å². The number of pyridine rings is 1. The molecule has 6 nitrogen and oxygen atoms in total. The van der Waals surface area contributed by atoms with Crippen molar-refractivity contribution in [3.63, 3.8) is 0 Å². The molecule has 116 valence electrons. The van der Waals surface area contributed by atoms with Gasteiger partial charge in [0.15, 0.2) is 0 Å². The maximum Gasteiger partial charge on any atom is 0.351 e. The quantitative estimate of drug-likeness (QED) is 0.935. The lowest BCUT2D eigenvalue weighted by molar-refractivity contribution is 0.175. The largest absolute Gasteiger partial charge is 0.383 e. The van der Waals surface area contributed by atoms with Crippen LogP contribution < -0.4 is 11.4 Å². The summed E-state index contributed by atoms with van der Waals surface area (Å²) in [6.45, 7) is 3.48. The number of nitrogens with zero attached hydrogens (tertiary/aromatic N) is 3. The number of hydrogen-bond donors (Lipinski definition) is 1. The molecule has 0 spiro atoms. The van der Waals surface area contributed by atoms with Gasteiger partial charge in [0.05, 0.1) is 12.0 Å². The molecule has 2 aromatic heterocycles. The monoisotopic (exact) mass is 300 g/mol. The number of rotatable bonds is 3. The molecule has 1 unspecified atom stereocenters. The van der Waals surface area contributed by atoms with E-state index in [0.717, 1.165) is 24.1 Å². The average molecular weight is 300 g/mol. The SMILES string of the molecule is C[C@H](C1CCOC1)n1c(=O)nc(N)c2ccc(C3CC3)nc21. The predicted molar refractivity (Wildman–Crippen MR) is 83.8 cm³/mol. The fourth-order valence-corrected chi connectivity index (χ4v) is 3.27. The van der Waals surface area contributed by atoms with Crippen molar-refractivity contribution in [2.24, 2.45) is 5.92 Å². The van der Waals surface area contributed by atoms with Crippen LogP contribution in [0.3, 0.4) is 0 Å². The topological polar surface area (TPSA) is 83.0 Å². The number of ether oxygens (including phenoxy) is 1. The molecule has 2 aromatic rings. The maximum absolute atomic E-state index is 12.4. The van der Waals surface area contributed by atoms with Crippen molar-refractivity contribution in [1.82, 2.24) is 14.5 Å². The summed E-state index contributed by atoms with van der Waals surface area (Å²) in [5.74, 6) is 1.12. The van der Waals surface area contributed by atoms with E-state index in [1.807, 2.05) is 19.1 Å². The van der Waals surface area contributed by atoms with Crippen molar-refractivity contribution in [3.05, 3.63) is 28.3 Å². The molecule has 0 amide bonds. The van der Waals surface area contributed by atoms with Crippen LogP contribution in [0.1, 0.15) is 43.8 Å². The van der Waals surface area contributed by atoms with Gasteiger partial charge in [-0.05, 0) is 38.3 Å². The highest BCUT2D eigenvalue weighted by Gasteiger charge is 2.29. The number of fused-ring (bicyclic) bond motifs is 1. The highest BCUT2D eigenvalue weighted by atomic mass is 16.5. The van der Waals surface area contributed by atoms with Gasteiger partial charge in [-0.1, -0.05) is 0 Å². The minimum Gasteiger partial charge on any atom is -0.383 e. The Morgan fingerprint density at radius 1 is 1.32 bits per heavy atom. The Morgan fingerprint density at radius 2 is 2.14 bits per heavy atom. The lowest BCUT2D eigenvalue weighted by atomic mass is 10.0. The lowest BCUT2D eigenvalue weighted by Crippen LogP contribution is -2.31. The zero-order valence-electron chi connectivity index (χ0n) is 12.7. The van der Waals surface area contributed by atoms with Crippen LogP contribution >= 0.6 is 0 Å². The summed E-state index contributed by atoms with van der Waals surface area (Å²) in [6.07, 6.45) is 3.31. The van der Waals surface area contributed by atoms with E-state index >= 15 is 0 Å². The van der Waals surface area contributed by atoms with E-state index in [9.17, 15) is 4.79 Å². The van der Waals surface area contributed by atoms with Crippen LogP contribution in [0.2, 0.25) is 0 Å². The van der Waals surface area contributed by atoms with E-state index in [4.69, 9.17) is 15.5 Å². The molecular formula is C16H20N4O2. The molecule has 4 rings (SSSR count). The van der Waals surface area contributed by atoms with Crippen LogP contribution in [0, 0.1) is 5.92 Å². The molecule has 0 radical (unpaired) electrons. The summed E-state index contributed by atoms with van der Waals surface area (Å²) in [5.41, 5.74) is 7.34. The molecule has 6 heteroatoms. The van der Waals surface area contributed by atoms with E-state index in [1.165, 1.54) is 12.8 Å². The summed E-state index contributed by atoms with van der Waals surface area (Å²) in [4.78, 5) is 21.2. The first-order chi connectivity index (χ1) is 10.6. The zero-order valence-corrected chi connectivity index (χ0v) is 12.7. The molecule has 0 aromatic carbocycles. The van der Waals surface area contributed by atoms with Gasteiger partial charge in [-0.25, -0.2) is 9.78 Å². The van der Waals surface area contributed by atoms with Crippen LogP contribution in [0.15, 0.2) is 16.9 Å². The van der Waals surface area contributed by atoms with Crippen molar-refractivity contribution in [2.45, 2.75) is 38.1 Å². The fraction of sp³-hybridized carbons (Fsp3) is 0.562. The zero-order chi connectivity index (χ0) is 15.3. The molecule has 2 atom stereocenters. The van der Waals surface area contributed by atoms with Crippen molar-refractivity contribution in [1.29, 1.82) is 0 Å². The van der Waals surface area contributed by atoms with E-state index < -0.39 is 0 Å². The van der Waals surface area contributed by atoms with Crippen LogP contribution in [0.25, 0.3) is 11.0 Å². The first-order valence-corrected chi connectivity index (χ1v) is 7.91. The minimum atomic E-state index is -0.315. The van der Waals surface area contributed by atoms with Gasteiger partial charge in [0.25, 0.3) is 0 Å². The molecule has 22 heavy (non-hydrogen) atoms. The second-order valence-corrected chi connectivity index (χ2v) is 6.40. The molecular weight excluding hydrogens is 280 g/mol. The Kier molecular flexibility index (Phi) is 3.14. The predicted octanol–water partition coefficient (Wildman–Crippen LogP) is 1.85. The van der Waals surface area contributed by atoms with Gasteiger partial charge >= 0.3 is 5.69 Å². The molecule has 2 aliphatic rings. The summed E-state index contributed by atoms with van der Waals surface area (Å²) in [5, 5.41) is 0.759.